The van der Waals surface area contributed by atoms with Crippen molar-refractivity contribution in [2.45, 2.75) is 46.6 Å². The van der Waals surface area contributed by atoms with Crippen molar-refractivity contribution in [3.05, 3.63) is 0 Å². The van der Waals surface area contributed by atoms with E-state index in [4.69, 9.17) is 0 Å². The van der Waals surface area contributed by atoms with Crippen molar-refractivity contribution < 1.29 is 9.59 Å². The highest BCUT2D eigenvalue weighted by molar-refractivity contribution is 5.86. The normalized spacial score (nSPS) is 12.3. The first-order chi connectivity index (χ1) is 6.99. The minimum Gasteiger partial charge on any atom is -0.354 e. The van der Waals surface area contributed by atoms with Crippen LogP contribution in [-0.4, -0.2) is 24.4 Å². The number of unbranched alkanes of at least 4 members (excludes halogenated alkanes) is 1. The molecule has 4 nitrogen and oxygen atoms in total. The van der Waals surface area contributed by atoms with Gasteiger partial charge >= 0.3 is 0 Å². The van der Waals surface area contributed by atoms with Crippen LogP contribution in [0.15, 0.2) is 0 Å². The number of amides is 2. The van der Waals surface area contributed by atoms with Gasteiger partial charge in [0.1, 0.15) is 6.04 Å². The van der Waals surface area contributed by atoms with Gasteiger partial charge in [0.2, 0.25) is 11.8 Å². The molecular weight excluding hydrogens is 192 g/mol. The molecule has 0 spiro atoms. The molecule has 4 heteroatoms. The van der Waals surface area contributed by atoms with Gasteiger partial charge in [-0.2, -0.15) is 0 Å². The molecule has 0 saturated carbocycles. The van der Waals surface area contributed by atoms with E-state index in [1.165, 1.54) is 6.92 Å². The van der Waals surface area contributed by atoms with Crippen LogP contribution in [0.25, 0.3) is 0 Å². The van der Waals surface area contributed by atoms with Gasteiger partial charge in [0.15, 0.2) is 0 Å². The van der Waals surface area contributed by atoms with E-state index < -0.39 is 6.04 Å². The minimum atomic E-state index is -0.417. The van der Waals surface area contributed by atoms with Gasteiger partial charge in [-0.25, -0.2) is 0 Å². The second-order valence-corrected chi connectivity index (χ2v) is 4.07. The molecule has 88 valence electrons. The van der Waals surface area contributed by atoms with Crippen molar-refractivity contribution in [1.82, 2.24) is 10.6 Å². The average molecular weight is 214 g/mol. The molecule has 0 aliphatic rings. The molecular formula is C11H22N2O2. The topological polar surface area (TPSA) is 58.2 Å². The molecule has 0 aliphatic carbocycles. The zero-order valence-electron chi connectivity index (χ0n) is 10.1. The van der Waals surface area contributed by atoms with Gasteiger partial charge in [-0.1, -0.05) is 27.2 Å². The van der Waals surface area contributed by atoms with Gasteiger partial charge in [0, 0.05) is 13.5 Å². The van der Waals surface area contributed by atoms with Gasteiger partial charge in [-0.05, 0) is 12.3 Å². The summed E-state index contributed by atoms with van der Waals surface area (Å²) in [5, 5.41) is 5.47. The zero-order valence-corrected chi connectivity index (χ0v) is 10.1. The third-order valence-corrected chi connectivity index (χ3v) is 2.14. The largest absolute Gasteiger partial charge is 0.354 e. The Balaban J connectivity index is 4.11. The van der Waals surface area contributed by atoms with Gasteiger partial charge < -0.3 is 10.6 Å². The number of hydrogen-bond acceptors (Lipinski definition) is 2. The SMILES string of the molecule is CCCCNC(=O)C(NC(C)=O)C(C)C. The van der Waals surface area contributed by atoms with E-state index >= 15 is 0 Å². The molecule has 0 aromatic heterocycles. The van der Waals surface area contributed by atoms with Gasteiger partial charge in [-0.3, -0.25) is 9.59 Å². The van der Waals surface area contributed by atoms with Crippen LogP contribution in [0, 0.1) is 5.92 Å². The number of nitrogens with one attached hydrogen (secondary N) is 2. The summed E-state index contributed by atoms with van der Waals surface area (Å²) >= 11 is 0. The summed E-state index contributed by atoms with van der Waals surface area (Å²) in [4.78, 5) is 22.6. The molecule has 0 aliphatic heterocycles. The number of hydrogen-bond donors (Lipinski definition) is 2. The molecule has 1 unspecified atom stereocenters. The highest BCUT2D eigenvalue weighted by Crippen LogP contribution is 2.01. The highest BCUT2D eigenvalue weighted by atomic mass is 16.2. The van der Waals surface area contributed by atoms with Crippen LogP contribution >= 0.6 is 0 Å². The Hall–Kier alpha value is -1.06. The van der Waals surface area contributed by atoms with Crippen LogP contribution < -0.4 is 10.6 Å². The molecule has 0 fully saturated rings. The third-order valence-electron chi connectivity index (χ3n) is 2.14. The Morgan fingerprint density at radius 1 is 1.27 bits per heavy atom. The lowest BCUT2D eigenvalue weighted by Crippen LogP contribution is -2.49. The van der Waals surface area contributed by atoms with E-state index in [9.17, 15) is 9.59 Å². The second kappa shape index (κ2) is 7.26. The van der Waals surface area contributed by atoms with E-state index in [0.29, 0.717) is 6.54 Å². The van der Waals surface area contributed by atoms with Crippen molar-refractivity contribution in [2.75, 3.05) is 6.54 Å². The van der Waals surface area contributed by atoms with Crippen molar-refractivity contribution in [3.8, 4) is 0 Å². The van der Waals surface area contributed by atoms with Crippen molar-refractivity contribution in [3.63, 3.8) is 0 Å². The molecule has 0 rings (SSSR count). The van der Waals surface area contributed by atoms with Gasteiger partial charge in [-0.15, -0.1) is 0 Å². The van der Waals surface area contributed by atoms with Crippen molar-refractivity contribution >= 4 is 11.8 Å². The summed E-state index contributed by atoms with van der Waals surface area (Å²) in [6, 6.07) is -0.417. The summed E-state index contributed by atoms with van der Waals surface area (Å²) < 4.78 is 0. The van der Waals surface area contributed by atoms with E-state index in [-0.39, 0.29) is 17.7 Å². The first-order valence-electron chi connectivity index (χ1n) is 5.53. The number of rotatable bonds is 6. The first-order valence-corrected chi connectivity index (χ1v) is 5.53. The maximum Gasteiger partial charge on any atom is 0.242 e. The predicted octanol–water partition coefficient (Wildman–Crippen LogP) is 1.06. The maximum atomic E-state index is 11.7. The Morgan fingerprint density at radius 2 is 1.87 bits per heavy atom. The monoisotopic (exact) mass is 214 g/mol. The fraction of sp³-hybridized carbons (Fsp3) is 0.818. The summed E-state index contributed by atoms with van der Waals surface area (Å²) in [5.74, 6) is -0.150. The van der Waals surface area contributed by atoms with Gasteiger partial charge in [0.25, 0.3) is 0 Å². The molecule has 0 aromatic rings. The van der Waals surface area contributed by atoms with Crippen LogP contribution in [0.2, 0.25) is 0 Å². The quantitative estimate of drug-likeness (QED) is 0.650. The van der Waals surface area contributed by atoms with Crippen LogP contribution in [0.4, 0.5) is 0 Å². The van der Waals surface area contributed by atoms with Crippen molar-refractivity contribution in [2.24, 2.45) is 5.92 Å². The standard InChI is InChI=1S/C11H22N2O2/c1-5-6-7-12-11(15)10(8(2)3)13-9(4)14/h8,10H,5-7H2,1-4H3,(H,12,15)(H,13,14). The van der Waals surface area contributed by atoms with Crippen LogP contribution in [0.5, 0.6) is 0 Å². The Morgan fingerprint density at radius 3 is 2.27 bits per heavy atom. The fourth-order valence-electron chi connectivity index (χ4n) is 1.25. The Kier molecular flexibility index (Phi) is 6.75. The predicted molar refractivity (Wildman–Crippen MR) is 60.4 cm³/mol. The maximum absolute atomic E-state index is 11.7. The molecule has 0 aromatic carbocycles. The lowest BCUT2D eigenvalue weighted by atomic mass is 10.0. The van der Waals surface area contributed by atoms with Crippen LogP contribution in [0.1, 0.15) is 40.5 Å². The van der Waals surface area contributed by atoms with E-state index in [0.717, 1.165) is 12.8 Å². The summed E-state index contributed by atoms with van der Waals surface area (Å²) in [6.45, 7) is 8.01. The molecule has 0 saturated heterocycles. The van der Waals surface area contributed by atoms with Crippen LogP contribution in [-0.2, 0) is 9.59 Å². The van der Waals surface area contributed by atoms with E-state index in [2.05, 4.69) is 17.6 Å². The molecule has 0 radical (unpaired) electrons. The molecule has 0 bridgehead atoms. The second-order valence-electron chi connectivity index (χ2n) is 4.07. The van der Waals surface area contributed by atoms with Crippen molar-refractivity contribution in [1.29, 1.82) is 0 Å². The van der Waals surface area contributed by atoms with Crippen LogP contribution in [0.3, 0.4) is 0 Å². The lowest BCUT2D eigenvalue weighted by molar-refractivity contribution is -0.129. The van der Waals surface area contributed by atoms with E-state index in [1.807, 2.05) is 13.8 Å². The van der Waals surface area contributed by atoms with E-state index in [1.54, 1.807) is 0 Å². The Bertz CT molecular complexity index is 215. The summed E-state index contributed by atoms with van der Waals surface area (Å²) in [5.41, 5.74) is 0. The number of carbonyl (C=O) groups excluding carboxylic acids is 2. The molecule has 0 heterocycles. The average Bonchev–Trinajstić information content (AvgIpc) is 2.13. The lowest BCUT2D eigenvalue weighted by Gasteiger charge is -2.20. The molecule has 2 N–H and O–H groups in total. The fourth-order valence-corrected chi connectivity index (χ4v) is 1.25. The molecule has 2 amide bonds. The molecule has 15 heavy (non-hydrogen) atoms. The zero-order chi connectivity index (χ0) is 11.8. The summed E-state index contributed by atoms with van der Waals surface area (Å²) in [7, 11) is 0. The third kappa shape index (κ3) is 6.10. The Labute approximate surface area is 91.8 Å². The first kappa shape index (κ1) is 13.9. The smallest absolute Gasteiger partial charge is 0.242 e. The summed E-state index contributed by atoms with van der Waals surface area (Å²) in [6.07, 6.45) is 2.02. The molecule has 1 atom stereocenters. The number of carbonyl (C=O) groups is 2. The van der Waals surface area contributed by atoms with Gasteiger partial charge in [0.05, 0.1) is 0 Å². The highest BCUT2D eigenvalue weighted by Gasteiger charge is 2.22. The minimum absolute atomic E-state index is 0.0892.